The molecule has 3 heteroatoms. The lowest BCUT2D eigenvalue weighted by Gasteiger charge is -2.33. The highest BCUT2D eigenvalue weighted by molar-refractivity contribution is 5.14. The monoisotopic (exact) mass is 270 g/mol. The molecule has 0 saturated carbocycles. The number of benzene rings is 1. The predicted molar refractivity (Wildman–Crippen MR) is 80.3 cm³/mol. The average Bonchev–Trinajstić information content (AvgIpc) is 3.00. The molecule has 3 rings (SSSR count). The van der Waals surface area contributed by atoms with Crippen LogP contribution in [0.2, 0.25) is 0 Å². The van der Waals surface area contributed by atoms with Gasteiger partial charge in [-0.1, -0.05) is 30.3 Å². The second-order valence-corrected chi connectivity index (χ2v) is 5.52. The third-order valence-corrected chi connectivity index (χ3v) is 3.90. The van der Waals surface area contributed by atoms with Crippen LogP contribution in [0.3, 0.4) is 0 Å². The minimum absolute atomic E-state index is 0.567. The van der Waals surface area contributed by atoms with Gasteiger partial charge in [-0.25, -0.2) is 0 Å². The lowest BCUT2D eigenvalue weighted by atomic mass is 10.0. The van der Waals surface area contributed by atoms with Crippen molar-refractivity contribution in [3.05, 3.63) is 60.1 Å². The van der Waals surface area contributed by atoms with E-state index in [1.165, 1.54) is 24.9 Å². The molecule has 1 aromatic carbocycles. The molecular weight excluding hydrogens is 248 g/mol. The molecule has 0 spiro atoms. The van der Waals surface area contributed by atoms with Gasteiger partial charge in [-0.15, -0.1) is 0 Å². The van der Waals surface area contributed by atoms with E-state index >= 15 is 0 Å². The van der Waals surface area contributed by atoms with Crippen LogP contribution < -0.4 is 5.32 Å². The SMILES string of the molecule is c1ccc(CN2CCCC(NCc3ccco3)C2)cc1. The van der Waals surface area contributed by atoms with Gasteiger partial charge in [0.05, 0.1) is 12.8 Å². The molecule has 106 valence electrons. The molecule has 1 N–H and O–H groups in total. The summed E-state index contributed by atoms with van der Waals surface area (Å²) in [4.78, 5) is 2.54. The van der Waals surface area contributed by atoms with Crippen molar-refractivity contribution in [2.24, 2.45) is 0 Å². The number of hydrogen-bond donors (Lipinski definition) is 1. The van der Waals surface area contributed by atoms with Crippen LogP contribution in [0.4, 0.5) is 0 Å². The lowest BCUT2D eigenvalue weighted by Crippen LogP contribution is -2.44. The summed E-state index contributed by atoms with van der Waals surface area (Å²) in [6.45, 7) is 4.21. The molecule has 0 radical (unpaired) electrons. The molecule has 1 aliphatic heterocycles. The Hall–Kier alpha value is -1.58. The Morgan fingerprint density at radius 3 is 2.85 bits per heavy atom. The maximum Gasteiger partial charge on any atom is 0.117 e. The Morgan fingerprint density at radius 2 is 2.05 bits per heavy atom. The highest BCUT2D eigenvalue weighted by Crippen LogP contribution is 2.14. The fourth-order valence-corrected chi connectivity index (χ4v) is 2.87. The van der Waals surface area contributed by atoms with E-state index in [4.69, 9.17) is 4.42 Å². The number of piperidine rings is 1. The quantitative estimate of drug-likeness (QED) is 0.905. The summed E-state index contributed by atoms with van der Waals surface area (Å²) in [5.41, 5.74) is 1.40. The van der Waals surface area contributed by atoms with Gasteiger partial charge in [-0.3, -0.25) is 4.90 Å². The van der Waals surface area contributed by atoms with Gasteiger partial charge >= 0.3 is 0 Å². The molecule has 20 heavy (non-hydrogen) atoms. The third-order valence-electron chi connectivity index (χ3n) is 3.90. The van der Waals surface area contributed by atoms with Crippen molar-refractivity contribution < 1.29 is 4.42 Å². The summed E-state index contributed by atoms with van der Waals surface area (Å²) in [6.07, 6.45) is 4.26. The van der Waals surface area contributed by atoms with Gasteiger partial charge in [0.15, 0.2) is 0 Å². The first-order valence-corrected chi connectivity index (χ1v) is 7.42. The smallest absolute Gasteiger partial charge is 0.117 e. The standard InChI is InChI=1S/C17H22N2O/c1-2-6-15(7-3-1)13-19-10-4-8-16(14-19)18-12-17-9-5-11-20-17/h1-3,5-7,9,11,16,18H,4,8,10,12-14H2. The highest BCUT2D eigenvalue weighted by atomic mass is 16.3. The molecule has 1 saturated heterocycles. The topological polar surface area (TPSA) is 28.4 Å². The van der Waals surface area contributed by atoms with Gasteiger partial charge in [0, 0.05) is 19.1 Å². The van der Waals surface area contributed by atoms with Crippen molar-refractivity contribution in [1.29, 1.82) is 0 Å². The summed E-state index contributed by atoms with van der Waals surface area (Å²) in [5.74, 6) is 1.02. The van der Waals surface area contributed by atoms with Gasteiger partial charge in [-0.05, 0) is 37.1 Å². The molecular formula is C17H22N2O. The van der Waals surface area contributed by atoms with Crippen molar-refractivity contribution in [3.8, 4) is 0 Å². The number of furan rings is 1. The highest BCUT2D eigenvalue weighted by Gasteiger charge is 2.19. The Morgan fingerprint density at radius 1 is 1.15 bits per heavy atom. The predicted octanol–water partition coefficient (Wildman–Crippen LogP) is 3.03. The van der Waals surface area contributed by atoms with Gasteiger partial charge in [-0.2, -0.15) is 0 Å². The molecule has 3 nitrogen and oxygen atoms in total. The first-order chi connectivity index (χ1) is 9.90. The van der Waals surface area contributed by atoms with Crippen LogP contribution in [0.15, 0.2) is 53.1 Å². The van der Waals surface area contributed by atoms with Crippen molar-refractivity contribution in [2.45, 2.75) is 32.0 Å². The van der Waals surface area contributed by atoms with Crippen molar-refractivity contribution in [3.63, 3.8) is 0 Å². The molecule has 1 fully saturated rings. The van der Waals surface area contributed by atoms with E-state index in [1.54, 1.807) is 6.26 Å². The first kappa shape index (κ1) is 13.4. The van der Waals surface area contributed by atoms with Crippen LogP contribution in [0.5, 0.6) is 0 Å². The molecule has 0 amide bonds. The Kier molecular flexibility index (Phi) is 4.51. The summed E-state index contributed by atoms with van der Waals surface area (Å²) in [7, 11) is 0. The van der Waals surface area contributed by atoms with E-state index in [-0.39, 0.29) is 0 Å². The normalized spacial score (nSPS) is 20.1. The summed E-state index contributed by atoms with van der Waals surface area (Å²) >= 11 is 0. The number of nitrogens with zero attached hydrogens (tertiary/aromatic N) is 1. The van der Waals surface area contributed by atoms with Crippen LogP contribution in [-0.2, 0) is 13.1 Å². The molecule has 2 heterocycles. The van der Waals surface area contributed by atoms with E-state index in [0.717, 1.165) is 25.4 Å². The van der Waals surface area contributed by atoms with Crippen LogP contribution >= 0.6 is 0 Å². The minimum atomic E-state index is 0.567. The third kappa shape index (κ3) is 3.71. The lowest BCUT2D eigenvalue weighted by molar-refractivity contribution is 0.181. The summed E-state index contributed by atoms with van der Waals surface area (Å²) < 4.78 is 5.37. The van der Waals surface area contributed by atoms with E-state index in [1.807, 2.05) is 12.1 Å². The van der Waals surface area contributed by atoms with Crippen LogP contribution in [0.1, 0.15) is 24.2 Å². The van der Waals surface area contributed by atoms with E-state index < -0.39 is 0 Å². The van der Waals surface area contributed by atoms with Crippen molar-refractivity contribution >= 4 is 0 Å². The maximum atomic E-state index is 5.37. The van der Waals surface area contributed by atoms with E-state index in [0.29, 0.717) is 6.04 Å². The molecule has 0 bridgehead atoms. The van der Waals surface area contributed by atoms with Crippen molar-refractivity contribution in [2.75, 3.05) is 13.1 Å². The molecule has 1 atom stereocenters. The maximum absolute atomic E-state index is 5.37. The molecule has 0 aliphatic carbocycles. The first-order valence-electron chi connectivity index (χ1n) is 7.42. The zero-order valence-electron chi connectivity index (χ0n) is 11.8. The Labute approximate surface area is 120 Å². The molecule has 1 unspecified atom stereocenters. The minimum Gasteiger partial charge on any atom is -0.468 e. The number of nitrogens with one attached hydrogen (secondary N) is 1. The second-order valence-electron chi connectivity index (χ2n) is 5.52. The molecule has 1 aliphatic rings. The fraction of sp³-hybridized carbons (Fsp3) is 0.412. The number of hydrogen-bond acceptors (Lipinski definition) is 3. The summed E-state index contributed by atoms with van der Waals surface area (Å²) in [5, 5.41) is 3.60. The average molecular weight is 270 g/mol. The molecule has 2 aromatic rings. The molecule has 1 aromatic heterocycles. The van der Waals surface area contributed by atoms with Crippen LogP contribution in [0.25, 0.3) is 0 Å². The van der Waals surface area contributed by atoms with Gasteiger partial charge in [0.2, 0.25) is 0 Å². The number of likely N-dealkylation sites (tertiary alicyclic amines) is 1. The Balaban J connectivity index is 1.49. The number of rotatable bonds is 5. The van der Waals surface area contributed by atoms with E-state index in [2.05, 4.69) is 40.5 Å². The van der Waals surface area contributed by atoms with Crippen LogP contribution in [-0.4, -0.2) is 24.0 Å². The Bertz CT molecular complexity index is 495. The van der Waals surface area contributed by atoms with Gasteiger partial charge < -0.3 is 9.73 Å². The fourth-order valence-electron chi connectivity index (χ4n) is 2.87. The summed E-state index contributed by atoms with van der Waals surface area (Å²) in [6, 6.07) is 15.3. The zero-order chi connectivity index (χ0) is 13.6. The zero-order valence-corrected chi connectivity index (χ0v) is 11.8. The van der Waals surface area contributed by atoms with Crippen molar-refractivity contribution in [1.82, 2.24) is 10.2 Å². The van der Waals surface area contributed by atoms with E-state index in [9.17, 15) is 0 Å². The largest absolute Gasteiger partial charge is 0.468 e. The van der Waals surface area contributed by atoms with Gasteiger partial charge in [0.1, 0.15) is 5.76 Å². The van der Waals surface area contributed by atoms with Gasteiger partial charge in [0.25, 0.3) is 0 Å². The second kappa shape index (κ2) is 6.73. The van der Waals surface area contributed by atoms with Crippen LogP contribution in [0, 0.1) is 0 Å².